The molecule has 0 fully saturated rings. The van der Waals surface area contributed by atoms with Crippen LogP contribution in [0.5, 0.6) is 0 Å². The number of nitrogens with two attached hydrogens (primary N) is 2. The molecule has 11 nitrogen and oxygen atoms in total. The second kappa shape index (κ2) is 16.0. The lowest BCUT2D eigenvalue weighted by Crippen LogP contribution is -2.58. The van der Waals surface area contributed by atoms with E-state index >= 15 is 0 Å². The third-order valence-corrected chi connectivity index (χ3v) is 6.64. The number of carbonyl (C=O) groups is 5. The van der Waals surface area contributed by atoms with E-state index in [9.17, 15) is 29.1 Å². The molecule has 11 heteroatoms. The lowest BCUT2D eigenvalue weighted by Gasteiger charge is -2.26. The van der Waals surface area contributed by atoms with Gasteiger partial charge in [0.2, 0.25) is 23.6 Å². The van der Waals surface area contributed by atoms with Crippen molar-refractivity contribution in [3.63, 3.8) is 0 Å². The van der Waals surface area contributed by atoms with Crippen molar-refractivity contribution in [3.8, 4) is 0 Å². The van der Waals surface area contributed by atoms with Gasteiger partial charge in [0.25, 0.3) is 0 Å². The molecular formula is C29H39N5O6. The van der Waals surface area contributed by atoms with Crippen molar-refractivity contribution in [2.75, 3.05) is 0 Å². The summed E-state index contributed by atoms with van der Waals surface area (Å²) in [4.78, 5) is 62.7. The molecule has 0 saturated carbocycles. The van der Waals surface area contributed by atoms with Crippen LogP contribution in [0.4, 0.5) is 0 Å². The van der Waals surface area contributed by atoms with Crippen LogP contribution in [0.3, 0.4) is 0 Å². The summed E-state index contributed by atoms with van der Waals surface area (Å²) < 4.78 is 0. The van der Waals surface area contributed by atoms with E-state index in [1.54, 1.807) is 38.1 Å². The van der Waals surface area contributed by atoms with Crippen molar-refractivity contribution in [1.82, 2.24) is 16.0 Å². The number of amides is 4. The van der Waals surface area contributed by atoms with Gasteiger partial charge in [-0.2, -0.15) is 0 Å². The van der Waals surface area contributed by atoms with Gasteiger partial charge in [-0.25, -0.2) is 4.79 Å². The summed E-state index contributed by atoms with van der Waals surface area (Å²) in [6.07, 6.45) is 0.466. The first-order chi connectivity index (χ1) is 19.0. The Bertz CT molecular complexity index is 1140. The fourth-order valence-corrected chi connectivity index (χ4v) is 4.06. The number of carboxylic acids is 1. The molecule has 216 valence electrons. The van der Waals surface area contributed by atoms with E-state index in [1.807, 2.05) is 36.4 Å². The number of benzene rings is 2. The highest BCUT2D eigenvalue weighted by Crippen LogP contribution is 2.11. The molecule has 0 aliphatic rings. The molecule has 4 amide bonds. The number of hydrogen-bond acceptors (Lipinski definition) is 6. The molecule has 2 aromatic rings. The van der Waals surface area contributed by atoms with Crippen LogP contribution < -0.4 is 27.4 Å². The zero-order valence-electron chi connectivity index (χ0n) is 22.8. The van der Waals surface area contributed by atoms with E-state index in [2.05, 4.69) is 16.0 Å². The van der Waals surface area contributed by atoms with Crippen molar-refractivity contribution in [1.29, 1.82) is 0 Å². The number of rotatable bonds is 16. The summed E-state index contributed by atoms with van der Waals surface area (Å²) in [5, 5.41) is 17.3. The predicted molar refractivity (Wildman–Crippen MR) is 150 cm³/mol. The van der Waals surface area contributed by atoms with E-state index in [0.29, 0.717) is 6.42 Å². The lowest BCUT2D eigenvalue weighted by atomic mass is 9.98. The van der Waals surface area contributed by atoms with Crippen LogP contribution in [0.25, 0.3) is 0 Å². The SMILES string of the molecule is CCC(C)C(NC(=O)C(CCC(N)=O)NC(=O)C(Cc1ccccc1)NC(=O)C(N)Cc1ccccc1)C(=O)O. The van der Waals surface area contributed by atoms with Crippen molar-refractivity contribution in [3.05, 3.63) is 71.8 Å². The topological polar surface area (TPSA) is 194 Å². The van der Waals surface area contributed by atoms with Crippen LogP contribution in [-0.4, -0.2) is 58.9 Å². The van der Waals surface area contributed by atoms with Crippen molar-refractivity contribution in [2.24, 2.45) is 17.4 Å². The van der Waals surface area contributed by atoms with Gasteiger partial charge in [-0.3, -0.25) is 19.2 Å². The zero-order chi connectivity index (χ0) is 29.7. The van der Waals surface area contributed by atoms with E-state index < -0.39 is 53.8 Å². The van der Waals surface area contributed by atoms with Gasteiger partial charge in [-0.05, 0) is 29.9 Å². The second-order valence-electron chi connectivity index (χ2n) is 9.82. The minimum absolute atomic E-state index is 0.102. The van der Waals surface area contributed by atoms with Crippen LogP contribution in [0.2, 0.25) is 0 Å². The predicted octanol–water partition coefficient (Wildman–Crippen LogP) is 0.650. The van der Waals surface area contributed by atoms with E-state index in [0.717, 1.165) is 11.1 Å². The molecule has 2 rings (SSSR count). The Morgan fingerprint density at radius 2 is 1.27 bits per heavy atom. The average Bonchev–Trinajstić information content (AvgIpc) is 2.93. The molecule has 8 N–H and O–H groups in total. The highest BCUT2D eigenvalue weighted by Gasteiger charge is 2.32. The van der Waals surface area contributed by atoms with Crippen LogP contribution in [-0.2, 0) is 36.8 Å². The molecule has 2 aromatic carbocycles. The monoisotopic (exact) mass is 553 g/mol. The van der Waals surface area contributed by atoms with Gasteiger partial charge in [0, 0.05) is 12.8 Å². The fraction of sp³-hybridized carbons (Fsp3) is 0.414. The number of nitrogens with one attached hydrogen (secondary N) is 3. The summed E-state index contributed by atoms with van der Waals surface area (Å²) >= 11 is 0. The van der Waals surface area contributed by atoms with Crippen LogP contribution in [0.15, 0.2) is 60.7 Å². The summed E-state index contributed by atoms with van der Waals surface area (Å²) in [6.45, 7) is 3.47. The number of carbonyl (C=O) groups excluding carboxylic acids is 4. The lowest BCUT2D eigenvalue weighted by molar-refractivity contribution is -0.144. The Morgan fingerprint density at radius 3 is 1.77 bits per heavy atom. The van der Waals surface area contributed by atoms with Crippen LogP contribution >= 0.6 is 0 Å². The third kappa shape index (κ3) is 10.5. The Morgan fingerprint density at radius 1 is 0.775 bits per heavy atom. The molecule has 0 saturated heterocycles. The highest BCUT2D eigenvalue weighted by atomic mass is 16.4. The smallest absolute Gasteiger partial charge is 0.326 e. The van der Waals surface area contributed by atoms with Gasteiger partial charge in [-0.1, -0.05) is 80.9 Å². The first-order valence-corrected chi connectivity index (χ1v) is 13.3. The molecule has 0 spiro atoms. The van der Waals surface area contributed by atoms with E-state index in [4.69, 9.17) is 11.5 Å². The molecule has 5 atom stereocenters. The molecular weight excluding hydrogens is 514 g/mol. The molecule has 40 heavy (non-hydrogen) atoms. The summed E-state index contributed by atoms with van der Waals surface area (Å²) in [5.74, 6) is -4.31. The molecule has 0 heterocycles. The van der Waals surface area contributed by atoms with Crippen molar-refractivity contribution >= 4 is 29.6 Å². The maximum atomic E-state index is 13.5. The molecule has 0 bridgehead atoms. The molecule has 0 aliphatic heterocycles. The van der Waals surface area contributed by atoms with Gasteiger partial charge in [-0.15, -0.1) is 0 Å². The third-order valence-electron chi connectivity index (χ3n) is 6.64. The van der Waals surface area contributed by atoms with Gasteiger partial charge in [0.1, 0.15) is 18.1 Å². The van der Waals surface area contributed by atoms with Crippen molar-refractivity contribution in [2.45, 2.75) is 70.1 Å². The van der Waals surface area contributed by atoms with Crippen LogP contribution in [0, 0.1) is 5.92 Å². The van der Waals surface area contributed by atoms with Crippen LogP contribution in [0.1, 0.15) is 44.2 Å². The number of primary amides is 1. The van der Waals surface area contributed by atoms with E-state index in [1.165, 1.54) is 0 Å². The largest absolute Gasteiger partial charge is 0.480 e. The summed E-state index contributed by atoms with van der Waals surface area (Å²) in [5.41, 5.74) is 13.0. The Balaban J connectivity index is 2.24. The second-order valence-corrected chi connectivity index (χ2v) is 9.82. The van der Waals surface area contributed by atoms with E-state index in [-0.39, 0.29) is 31.6 Å². The van der Waals surface area contributed by atoms with Gasteiger partial charge >= 0.3 is 5.97 Å². The molecule has 0 aliphatic carbocycles. The van der Waals surface area contributed by atoms with Gasteiger partial charge in [0.05, 0.1) is 6.04 Å². The number of aliphatic carboxylic acids is 1. The highest BCUT2D eigenvalue weighted by molar-refractivity contribution is 5.94. The summed E-state index contributed by atoms with van der Waals surface area (Å²) in [7, 11) is 0. The normalized spacial score (nSPS) is 14.6. The maximum Gasteiger partial charge on any atom is 0.326 e. The van der Waals surface area contributed by atoms with Crippen molar-refractivity contribution < 1.29 is 29.1 Å². The quantitative estimate of drug-likeness (QED) is 0.176. The van der Waals surface area contributed by atoms with Gasteiger partial charge < -0.3 is 32.5 Å². The minimum Gasteiger partial charge on any atom is -0.480 e. The molecule has 0 radical (unpaired) electrons. The first-order valence-electron chi connectivity index (χ1n) is 13.3. The Kier molecular flexibility index (Phi) is 12.8. The summed E-state index contributed by atoms with van der Waals surface area (Å²) in [6, 6.07) is 13.7. The standard InChI is InChI=1S/C29H39N5O6/c1-3-18(2)25(29(39)40)34-27(37)22(14-15-24(31)35)32-28(38)23(17-20-12-8-5-9-13-20)33-26(36)21(30)16-19-10-6-4-7-11-19/h4-13,18,21-23,25H,3,14-17,30H2,1-2H3,(H2,31,35)(H,32,38)(H,33,36)(H,34,37)(H,39,40). The first kappa shape index (κ1) is 32.0. The Labute approximate surface area is 234 Å². The van der Waals surface area contributed by atoms with Gasteiger partial charge in [0.15, 0.2) is 0 Å². The Hall–Kier alpha value is -4.25. The zero-order valence-corrected chi connectivity index (χ0v) is 22.8. The average molecular weight is 554 g/mol. The minimum atomic E-state index is -1.26. The molecule has 0 aromatic heterocycles. The molecule has 5 unspecified atom stereocenters. The maximum absolute atomic E-state index is 13.5. The number of hydrogen-bond donors (Lipinski definition) is 6. The number of carboxylic acid groups (broad SMARTS) is 1. The fourth-order valence-electron chi connectivity index (χ4n) is 4.06.